The van der Waals surface area contributed by atoms with Crippen LogP contribution in [0.3, 0.4) is 0 Å². The minimum Gasteiger partial charge on any atom is -0.496 e. The predicted molar refractivity (Wildman–Crippen MR) is 87.5 cm³/mol. The topological polar surface area (TPSA) is 72.5 Å². The Morgan fingerprint density at radius 3 is 2.32 bits per heavy atom. The SMILES string of the molecule is COc1cccc(OC)c1C(=O)NC(=S)Nc1ccccn1. The van der Waals surface area contributed by atoms with E-state index in [-0.39, 0.29) is 10.7 Å². The molecule has 1 heterocycles. The zero-order valence-corrected chi connectivity index (χ0v) is 12.9. The summed E-state index contributed by atoms with van der Waals surface area (Å²) in [5.41, 5.74) is 0.276. The Bertz CT molecular complexity index is 655. The third-order valence-electron chi connectivity index (χ3n) is 2.79. The molecule has 7 heteroatoms. The van der Waals surface area contributed by atoms with Gasteiger partial charge in [-0.15, -0.1) is 0 Å². The van der Waals surface area contributed by atoms with E-state index >= 15 is 0 Å². The molecule has 2 N–H and O–H groups in total. The first-order chi connectivity index (χ1) is 10.7. The largest absolute Gasteiger partial charge is 0.496 e. The van der Waals surface area contributed by atoms with E-state index in [1.165, 1.54) is 14.2 Å². The van der Waals surface area contributed by atoms with Crippen LogP contribution >= 0.6 is 12.2 Å². The van der Waals surface area contributed by atoms with Gasteiger partial charge in [-0.2, -0.15) is 0 Å². The Balaban J connectivity index is 2.14. The highest BCUT2D eigenvalue weighted by Crippen LogP contribution is 2.27. The molecule has 0 saturated carbocycles. The van der Waals surface area contributed by atoms with Gasteiger partial charge < -0.3 is 14.8 Å². The maximum Gasteiger partial charge on any atom is 0.264 e. The molecular formula is C15H15N3O3S. The summed E-state index contributed by atoms with van der Waals surface area (Å²) in [6.07, 6.45) is 1.62. The number of rotatable bonds is 4. The summed E-state index contributed by atoms with van der Waals surface area (Å²) in [6, 6.07) is 10.4. The quantitative estimate of drug-likeness (QED) is 0.843. The Hall–Kier alpha value is -2.67. The van der Waals surface area contributed by atoms with Gasteiger partial charge in [0.05, 0.1) is 14.2 Å². The first-order valence-corrected chi connectivity index (χ1v) is 6.81. The second-order valence-corrected chi connectivity index (χ2v) is 4.57. The number of hydrogen-bond donors (Lipinski definition) is 2. The fourth-order valence-corrected chi connectivity index (χ4v) is 2.02. The number of carbonyl (C=O) groups excluding carboxylic acids is 1. The van der Waals surface area contributed by atoms with Crippen molar-refractivity contribution in [3.05, 3.63) is 48.2 Å². The van der Waals surface area contributed by atoms with Crippen molar-refractivity contribution < 1.29 is 14.3 Å². The van der Waals surface area contributed by atoms with Gasteiger partial charge in [-0.25, -0.2) is 4.98 Å². The highest BCUT2D eigenvalue weighted by atomic mass is 32.1. The van der Waals surface area contributed by atoms with E-state index in [1.54, 1.807) is 36.5 Å². The molecule has 6 nitrogen and oxygen atoms in total. The molecule has 0 unspecified atom stereocenters. The van der Waals surface area contributed by atoms with Crippen LogP contribution in [0.15, 0.2) is 42.6 Å². The maximum atomic E-state index is 12.4. The summed E-state index contributed by atoms with van der Waals surface area (Å²) in [6.45, 7) is 0. The summed E-state index contributed by atoms with van der Waals surface area (Å²) >= 11 is 5.11. The van der Waals surface area contributed by atoms with Crippen molar-refractivity contribution in [2.45, 2.75) is 0 Å². The Labute approximate surface area is 133 Å². The summed E-state index contributed by atoms with van der Waals surface area (Å²) in [5.74, 6) is 0.914. The summed E-state index contributed by atoms with van der Waals surface area (Å²) in [7, 11) is 2.96. The molecule has 0 atom stereocenters. The van der Waals surface area contributed by atoms with Crippen molar-refractivity contribution in [3.63, 3.8) is 0 Å². The third-order valence-corrected chi connectivity index (χ3v) is 2.99. The van der Waals surface area contributed by atoms with Crippen molar-refractivity contribution in [1.82, 2.24) is 10.3 Å². The minimum absolute atomic E-state index is 0.136. The number of carbonyl (C=O) groups is 1. The molecule has 2 rings (SSSR count). The molecular weight excluding hydrogens is 302 g/mol. The fourth-order valence-electron chi connectivity index (χ4n) is 1.82. The summed E-state index contributed by atoms with van der Waals surface area (Å²) < 4.78 is 10.4. The fraction of sp³-hybridized carbons (Fsp3) is 0.133. The van der Waals surface area contributed by atoms with Crippen LogP contribution in [0.5, 0.6) is 11.5 Å². The van der Waals surface area contributed by atoms with Gasteiger partial charge in [0.25, 0.3) is 5.91 Å². The first kappa shape index (κ1) is 15.7. The van der Waals surface area contributed by atoms with Crippen LogP contribution in [0.4, 0.5) is 5.82 Å². The maximum absolute atomic E-state index is 12.4. The van der Waals surface area contributed by atoms with Crippen LogP contribution in [-0.4, -0.2) is 30.2 Å². The van der Waals surface area contributed by atoms with Gasteiger partial charge >= 0.3 is 0 Å². The van der Waals surface area contributed by atoms with Crippen LogP contribution in [0.2, 0.25) is 0 Å². The van der Waals surface area contributed by atoms with E-state index in [4.69, 9.17) is 21.7 Å². The molecule has 0 radical (unpaired) electrons. The Morgan fingerprint density at radius 2 is 1.77 bits per heavy atom. The van der Waals surface area contributed by atoms with Gasteiger partial charge in [0.2, 0.25) is 0 Å². The predicted octanol–water partition coefficient (Wildman–Crippen LogP) is 2.23. The molecule has 114 valence electrons. The molecule has 0 aliphatic carbocycles. The molecule has 22 heavy (non-hydrogen) atoms. The lowest BCUT2D eigenvalue weighted by atomic mass is 10.1. The number of aromatic nitrogens is 1. The number of hydrogen-bond acceptors (Lipinski definition) is 5. The number of pyridine rings is 1. The second kappa shape index (κ2) is 7.37. The molecule has 0 spiro atoms. The second-order valence-electron chi connectivity index (χ2n) is 4.16. The van der Waals surface area contributed by atoms with Crippen molar-refractivity contribution in [2.24, 2.45) is 0 Å². The van der Waals surface area contributed by atoms with E-state index in [2.05, 4.69) is 15.6 Å². The average Bonchev–Trinajstić information content (AvgIpc) is 2.54. The number of amides is 1. The Kier molecular flexibility index (Phi) is 5.26. The van der Waals surface area contributed by atoms with Gasteiger partial charge in [-0.05, 0) is 36.5 Å². The van der Waals surface area contributed by atoms with Gasteiger partial charge in [0.1, 0.15) is 22.9 Å². The molecule has 0 saturated heterocycles. The van der Waals surface area contributed by atoms with Crippen LogP contribution in [0.25, 0.3) is 0 Å². The van der Waals surface area contributed by atoms with E-state index in [0.717, 1.165) is 0 Å². The highest BCUT2D eigenvalue weighted by molar-refractivity contribution is 7.80. The average molecular weight is 317 g/mol. The molecule has 0 aliphatic heterocycles. The lowest BCUT2D eigenvalue weighted by Crippen LogP contribution is -2.34. The smallest absolute Gasteiger partial charge is 0.264 e. The highest BCUT2D eigenvalue weighted by Gasteiger charge is 2.19. The summed E-state index contributed by atoms with van der Waals surface area (Å²) in [5, 5.41) is 5.54. The van der Waals surface area contributed by atoms with Crippen molar-refractivity contribution >= 4 is 29.1 Å². The molecule has 1 aromatic heterocycles. The number of nitrogens with one attached hydrogen (secondary N) is 2. The summed E-state index contributed by atoms with van der Waals surface area (Å²) in [4.78, 5) is 16.5. The van der Waals surface area contributed by atoms with E-state index in [9.17, 15) is 4.79 Å². The molecule has 0 aliphatic rings. The molecule has 2 aromatic rings. The zero-order chi connectivity index (χ0) is 15.9. The number of ether oxygens (including phenoxy) is 2. The first-order valence-electron chi connectivity index (χ1n) is 6.40. The molecule has 0 bridgehead atoms. The van der Waals surface area contributed by atoms with Gasteiger partial charge in [0.15, 0.2) is 5.11 Å². The number of benzene rings is 1. The van der Waals surface area contributed by atoms with Crippen LogP contribution < -0.4 is 20.1 Å². The van der Waals surface area contributed by atoms with Crippen LogP contribution in [0, 0.1) is 0 Å². The number of anilines is 1. The van der Waals surface area contributed by atoms with Crippen LogP contribution in [0.1, 0.15) is 10.4 Å². The van der Waals surface area contributed by atoms with Gasteiger partial charge in [-0.3, -0.25) is 10.1 Å². The third kappa shape index (κ3) is 3.70. The molecule has 1 aromatic carbocycles. The van der Waals surface area contributed by atoms with Crippen molar-refractivity contribution in [3.8, 4) is 11.5 Å². The normalized spacial score (nSPS) is 9.73. The number of methoxy groups -OCH3 is 2. The Morgan fingerprint density at radius 1 is 1.09 bits per heavy atom. The lowest BCUT2D eigenvalue weighted by molar-refractivity contribution is 0.0971. The molecule has 0 fully saturated rings. The standard InChI is InChI=1S/C15H15N3O3S/c1-20-10-6-5-7-11(21-2)13(10)14(19)18-15(22)17-12-8-3-4-9-16-12/h3-9H,1-2H3,(H2,16,17,18,19,22). The van der Waals surface area contributed by atoms with Gasteiger partial charge in [0, 0.05) is 6.20 Å². The van der Waals surface area contributed by atoms with Gasteiger partial charge in [-0.1, -0.05) is 12.1 Å². The van der Waals surface area contributed by atoms with Crippen LogP contribution in [-0.2, 0) is 0 Å². The van der Waals surface area contributed by atoms with E-state index in [1.807, 2.05) is 6.07 Å². The van der Waals surface area contributed by atoms with E-state index < -0.39 is 5.91 Å². The minimum atomic E-state index is -0.428. The molecule has 1 amide bonds. The van der Waals surface area contributed by atoms with Crippen molar-refractivity contribution in [1.29, 1.82) is 0 Å². The number of nitrogens with zero attached hydrogens (tertiary/aromatic N) is 1. The zero-order valence-electron chi connectivity index (χ0n) is 12.1. The lowest BCUT2D eigenvalue weighted by Gasteiger charge is -2.13. The van der Waals surface area contributed by atoms with E-state index in [0.29, 0.717) is 17.3 Å². The van der Waals surface area contributed by atoms with Crippen molar-refractivity contribution in [2.75, 3.05) is 19.5 Å². The monoisotopic (exact) mass is 317 g/mol. The number of thiocarbonyl (C=S) groups is 1.